The summed E-state index contributed by atoms with van der Waals surface area (Å²) in [5.74, 6) is -0.0642. The van der Waals surface area contributed by atoms with E-state index in [1.807, 2.05) is 0 Å². The molecule has 0 aliphatic carbocycles. The zero-order chi connectivity index (χ0) is 8.55. The van der Waals surface area contributed by atoms with Gasteiger partial charge in [-0.05, 0) is 4.92 Å². The molecule has 2 heterocycles. The van der Waals surface area contributed by atoms with Crippen molar-refractivity contribution in [3.05, 3.63) is 21.9 Å². The molecule has 2 rings (SSSR count). The lowest BCUT2D eigenvalue weighted by Crippen LogP contribution is -1.92. The molecule has 1 aromatic heterocycles. The number of aromatic nitrogens is 2. The van der Waals surface area contributed by atoms with Crippen molar-refractivity contribution in [1.29, 1.82) is 0 Å². The zero-order valence-electron chi connectivity index (χ0n) is 6.19. The summed E-state index contributed by atoms with van der Waals surface area (Å²) in [5, 5.41) is 16.3. The molecule has 1 atom stereocenters. The minimum absolute atomic E-state index is 0.0642. The van der Waals surface area contributed by atoms with Gasteiger partial charge in [0.1, 0.15) is 0 Å². The minimum atomic E-state index is -0.496. The average molecular weight is 169 g/mol. The van der Waals surface area contributed by atoms with E-state index < -0.39 is 4.92 Å². The number of hydrogen-bond acceptors (Lipinski definition) is 4. The van der Waals surface area contributed by atoms with Crippen LogP contribution in [0.5, 0.6) is 0 Å². The highest BCUT2D eigenvalue weighted by molar-refractivity contribution is 5.21. The summed E-state index contributed by atoms with van der Waals surface area (Å²) in [6.45, 7) is 0.737. The van der Waals surface area contributed by atoms with E-state index in [-0.39, 0.29) is 11.9 Å². The second-order valence-corrected chi connectivity index (χ2v) is 2.66. The molecule has 1 fully saturated rings. The van der Waals surface area contributed by atoms with E-state index in [1.54, 1.807) is 0 Å². The van der Waals surface area contributed by atoms with E-state index in [0.29, 0.717) is 12.1 Å². The lowest BCUT2D eigenvalue weighted by molar-refractivity contribution is -0.389. The maximum Gasteiger partial charge on any atom is 0.342 e. The third-order valence-corrected chi connectivity index (χ3v) is 1.65. The molecule has 1 saturated heterocycles. The second kappa shape index (κ2) is 2.56. The van der Waals surface area contributed by atoms with Gasteiger partial charge in [-0.2, -0.15) is 0 Å². The van der Waals surface area contributed by atoms with Crippen LogP contribution in [0.25, 0.3) is 0 Å². The fraction of sp³-hybridized carbons (Fsp3) is 0.500. The number of nitrogens with zero attached hydrogens (tertiary/aromatic N) is 2. The summed E-state index contributed by atoms with van der Waals surface area (Å²) in [5.41, 5.74) is 0.684. The highest BCUT2D eigenvalue weighted by Gasteiger charge is 2.25. The summed E-state index contributed by atoms with van der Waals surface area (Å²) in [6.07, 6.45) is 0.873. The molecule has 12 heavy (non-hydrogen) atoms. The lowest BCUT2D eigenvalue weighted by Gasteiger charge is -1.85. The van der Waals surface area contributed by atoms with Crippen LogP contribution in [-0.4, -0.2) is 27.8 Å². The van der Waals surface area contributed by atoms with Gasteiger partial charge < -0.3 is 14.9 Å². The van der Waals surface area contributed by atoms with Crippen molar-refractivity contribution in [1.82, 2.24) is 10.2 Å². The van der Waals surface area contributed by atoms with E-state index in [0.717, 1.165) is 6.61 Å². The van der Waals surface area contributed by atoms with Crippen LogP contribution < -0.4 is 0 Å². The first kappa shape index (κ1) is 7.23. The van der Waals surface area contributed by atoms with Gasteiger partial charge in [-0.25, -0.2) is 0 Å². The molecule has 0 radical (unpaired) electrons. The lowest BCUT2D eigenvalue weighted by atomic mass is 10.2. The highest BCUT2D eigenvalue weighted by atomic mass is 16.6. The fourth-order valence-corrected chi connectivity index (χ4v) is 0.969. The third-order valence-electron chi connectivity index (χ3n) is 1.65. The first-order valence-corrected chi connectivity index (χ1v) is 3.56. The van der Waals surface area contributed by atoms with E-state index in [2.05, 4.69) is 10.2 Å². The van der Waals surface area contributed by atoms with Gasteiger partial charge in [0.25, 0.3) is 0 Å². The van der Waals surface area contributed by atoms with E-state index in [4.69, 9.17) is 4.74 Å². The summed E-state index contributed by atoms with van der Waals surface area (Å²) in [6, 6.07) is 1.43. The molecule has 64 valence electrons. The fourth-order valence-electron chi connectivity index (χ4n) is 0.969. The number of aromatic amines is 1. The van der Waals surface area contributed by atoms with Crippen molar-refractivity contribution < 1.29 is 9.66 Å². The summed E-state index contributed by atoms with van der Waals surface area (Å²) >= 11 is 0. The second-order valence-electron chi connectivity index (χ2n) is 2.66. The molecule has 1 aliphatic heterocycles. The molecule has 1 aliphatic rings. The Bertz CT molecular complexity index is 305. The van der Waals surface area contributed by atoms with Crippen LogP contribution in [0.1, 0.15) is 5.69 Å². The maximum absolute atomic E-state index is 10.2. The number of hydrogen-bond donors (Lipinski definition) is 1. The van der Waals surface area contributed by atoms with Crippen molar-refractivity contribution in [2.45, 2.75) is 12.5 Å². The van der Waals surface area contributed by atoms with E-state index in [9.17, 15) is 10.1 Å². The Kier molecular flexibility index (Phi) is 1.54. The quantitative estimate of drug-likeness (QED) is 0.399. The van der Waals surface area contributed by atoms with Crippen molar-refractivity contribution in [3.8, 4) is 0 Å². The first-order chi connectivity index (χ1) is 5.75. The largest absolute Gasteiger partial charge is 0.373 e. The minimum Gasteiger partial charge on any atom is -0.373 e. The number of H-pyrrole nitrogens is 1. The number of rotatable bonds is 3. The Labute approximate surface area is 67.7 Å². The molecule has 0 aromatic carbocycles. The molecule has 6 heteroatoms. The van der Waals surface area contributed by atoms with Gasteiger partial charge in [-0.15, -0.1) is 5.10 Å². The Balaban J connectivity index is 2.06. The highest BCUT2D eigenvalue weighted by Crippen LogP contribution is 2.16. The Morgan fingerprint density at radius 2 is 2.67 bits per heavy atom. The van der Waals surface area contributed by atoms with Crippen LogP contribution in [-0.2, 0) is 11.2 Å². The summed E-state index contributed by atoms with van der Waals surface area (Å²) in [7, 11) is 0. The van der Waals surface area contributed by atoms with Gasteiger partial charge in [-0.1, -0.05) is 5.10 Å². The Hall–Kier alpha value is -1.43. The van der Waals surface area contributed by atoms with Crippen molar-refractivity contribution in [2.24, 2.45) is 0 Å². The van der Waals surface area contributed by atoms with Crippen LogP contribution >= 0.6 is 0 Å². The average Bonchev–Trinajstić information content (AvgIpc) is 2.66. The van der Waals surface area contributed by atoms with Gasteiger partial charge in [0.05, 0.1) is 24.5 Å². The summed E-state index contributed by atoms with van der Waals surface area (Å²) < 4.78 is 4.96. The Morgan fingerprint density at radius 3 is 3.17 bits per heavy atom. The standard InChI is InChI=1S/C6H7N3O3/c10-9(11)6-2-4(7-8-6)1-5-3-12-5/h2,5H,1,3H2,(H,7,8). The third kappa shape index (κ3) is 1.42. The number of nitrogens with one attached hydrogen (secondary N) is 1. The zero-order valence-corrected chi connectivity index (χ0v) is 6.19. The topological polar surface area (TPSA) is 84.3 Å². The van der Waals surface area contributed by atoms with Crippen LogP contribution in [0.15, 0.2) is 6.07 Å². The van der Waals surface area contributed by atoms with Crippen molar-refractivity contribution in [2.75, 3.05) is 6.61 Å². The molecule has 0 saturated carbocycles. The first-order valence-electron chi connectivity index (χ1n) is 3.56. The molecular weight excluding hydrogens is 162 g/mol. The van der Waals surface area contributed by atoms with E-state index in [1.165, 1.54) is 6.07 Å². The molecule has 6 nitrogen and oxygen atoms in total. The predicted molar refractivity (Wildman–Crippen MR) is 38.7 cm³/mol. The van der Waals surface area contributed by atoms with Crippen LogP contribution in [0.2, 0.25) is 0 Å². The van der Waals surface area contributed by atoms with Crippen LogP contribution in [0.4, 0.5) is 5.82 Å². The van der Waals surface area contributed by atoms with Gasteiger partial charge in [0.2, 0.25) is 0 Å². The van der Waals surface area contributed by atoms with Gasteiger partial charge >= 0.3 is 5.82 Å². The number of nitro groups is 1. The van der Waals surface area contributed by atoms with Crippen LogP contribution in [0, 0.1) is 10.1 Å². The van der Waals surface area contributed by atoms with Gasteiger partial charge in [0, 0.05) is 6.42 Å². The monoisotopic (exact) mass is 169 g/mol. The molecule has 1 unspecified atom stereocenters. The molecule has 0 amide bonds. The SMILES string of the molecule is O=[N+]([O-])c1cc(CC2CO2)n[nH]1. The normalized spacial score (nSPS) is 20.8. The smallest absolute Gasteiger partial charge is 0.342 e. The summed E-state index contributed by atoms with van der Waals surface area (Å²) in [4.78, 5) is 9.72. The predicted octanol–water partition coefficient (Wildman–Crippen LogP) is 0.259. The van der Waals surface area contributed by atoms with Crippen molar-refractivity contribution >= 4 is 5.82 Å². The molecule has 0 spiro atoms. The van der Waals surface area contributed by atoms with E-state index >= 15 is 0 Å². The number of epoxide rings is 1. The Morgan fingerprint density at radius 1 is 1.92 bits per heavy atom. The van der Waals surface area contributed by atoms with Gasteiger partial charge in [-0.3, -0.25) is 0 Å². The number of ether oxygens (including phenoxy) is 1. The molecule has 1 aromatic rings. The molecule has 1 N–H and O–H groups in total. The maximum atomic E-state index is 10.2. The van der Waals surface area contributed by atoms with Gasteiger partial charge in [0.15, 0.2) is 0 Å². The molecule has 0 bridgehead atoms. The molecular formula is C6H7N3O3. The van der Waals surface area contributed by atoms with Crippen molar-refractivity contribution in [3.63, 3.8) is 0 Å². The van der Waals surface area contributed by atoms with Crippen LogP contribution in [0.3, 0.4) is 0 Å².